The lowest BCUT2D eigenvalue weighted by molar-refractivity contribution is -0.116. The number of thioether (sulfide) groups is 1. The first-order valence-corrected chi connectivity index (χ1v) is 6.66. The second-order valence-corrected chi connectivity index (χ2v) is 6.02. The molecule has 0 amide bonds. The maximum Gasteiger partial charge on any atom is 0.148 e. The highest BCUT2D eigenvalue weighted by atomic mass is 79.9. The summed E-state index contributed by atoms with van der Waals surface area (Å²) in [6.07, 6.45) is 2.16. The zero-order valence-electron chi connectivity index (χ0n) is 8.87. The Kier molecular flexibility index (Phi) is 5.32. The normalized spacial score (nSPS) is 10.7. The van der Waals surface area contributed by atoms with Gasteiger partial charge in [0.1, 0.15) is 5.78 Å². The van der Waals surface area contributed by atoms with E-state index in [1.807, 2.05) is 12.1 Å². The second kappa shape index (κ2) is 6.28. The van der Waals surface area contributed by atoms with Crippen LogP contribution in [0.1, 0.15) is 19.5 Å². The molecule has 1 rings (SSSR count). The maximum absolute atomic E-state index is 11.5. The molecular weight excluding hydrogens is 274 g/mol. The Bertz CT molecular complexity index is 324. The minimum atomic E-state index is 0.239. The first kappa shape index (κ1) is 12.7. The highest BCUT2D eigenvalue weighted by Crippen LogP contribution is 2.11. The number of hydrogen-bond acceptors (Lipinski definition) is 3. The van der Waals surface area contributed by atoms with E-state index in [9.17, 15) is 4.79 Å². The van der Waals surface area contributed by atoms with Crippen LogP contribution in [0.2, 0.25) is 0 Å². The van der Waals surface area contributed by atoms with Crippen LogP contribution in [-0.4, -0.2) is 21.8 Å². The van der Waals surface area contributed by atoms with Gasteiger partial charge >= 0.3 is 0 Å². The Hall–Kier alpha value is -0.350. The molecule has 0 atom stereocenters. The van der Waals surface area contributed by atoms with Crippen LogP contribution in [-0.2, 0) is 11.2 Å². The van der Waals surface area contributed by atoms with Crippen molar-refractivity contribution in [2.75, 3.05) is 5.75 Å². The van der Waals surface area contributed by atoms with E-state index in [0.717, 1.165) is 10.2 Å². The fourth-order valence-corrected chi connectivity index (χ4v) is 1.88. The quantitative estimate of drug-likeness (QED) is 0.834. The number of carbonyl (C=O) groups is 1. The third kappa shape index (κ3) is 5.33. The molecule has 82 valence electrons. The molecule has 0 aliphatic heterocycles. The zero-order chi connectivity index (χ0) is 11.3. The summed E-state index contributed by atoms with van der Waals surface area (Å²) >= 11 is 4.99. The monoisotopic (exact) mass is 287 g/mol. The molecule has 0 aliphatic carbocycles. The van der Waals surface area contributed by atoms with Gasteiger partial charge in [0, 0.05) is 22.8 Å². The minimum absolute atomic E-state index is 0.239. The van der Waals surface area contributed by atoms with Gasteiger partial charge in [0.15, 0.2) is 0 Å². The lowest BCUT2D eigenvalue weighted by Gasteiger charge is -2.03. The highest BCUT2D eigenvalue weighted by molar-refractivity contribution is 9.10. The van der Waals surface area contributed by atoms with E-state index < -0.39 is 0 Å². The molecule has 0 N–H and O–H groups in total. The topological polar surface area (TPSA) is 30.0 Å². The van der Waals surface area contributed by atoms with Gasteiger partial charge in [-0.05, 0) is 33.3 Å². The lowest BCUT2D eigenvalue weighted by atomic mass is 10.2. The summed E-state index contributed by atoms with van der Waals surface area (Å²) in [5.74, 6) is 0.818. The fraction of sp³-hybridized carbons (Fsp3) is 0.455. The number of ketones is 1. The van der Waals surface area contributed by atoms with Crippen molar-refractivity contribution in [3.63, 3.8) is 0 Å². The van der Waals surface area contributed by atoms with Crippen LogP contribution in [0.25, 0.3) is 0 Å². The van der Waals surface area contributed by atoms with Crippen molar-refractivity contribution in [2.24, 2.45) is 0 Å². The van der Waals surface area contributed by atoms with E-state index in [2.05, 4.69) is 34.8 Å². The van der Waals surface area contributed by atoms with E-state index in [4.69, 9.17) is 0 Å². The molecule has 0 spiro atoms. The van der Waals surface area contributed by atoms with Crippen molar-refractivity contribution in [3.8, 4) is 0 Å². The lowest BCUT2D eigenvalue weighted by Crippen LogP contribution is -2.08. The van der Waals surface area contributed by atoms with Crippen molar-refractivity contribution in [2.45, 2.75) is 25.5 Å². The largest absolute Gasteiger partial charge is 0.298 e. The van der Waals surface area contributed by atoms with Crippen LogP contribution < -0.4 is 0 Å². The van der Waals surface area contributed by atoms with Gasteiger partial charge in [0.2, 0.25) is 0 Å². The Morgan fingerprint density at radius 3 is 2.80 bits per heavy atom. The summed E-state index contributed by atoms with van der Waals surface area (Å²) < 4.78 is 0.940. The minimum Gasteiger partial charge on any atom is -0.298 e. The molecule has 0 fully saturated rings. The fourth-order valence-electron chi connectivity index (χ4n) is 1.02. The van der Waals surface area contributed by atoms with Gasteiger partial charge in [-0.15, -0.1) is 0 Å². The molecule has 0 unspecified atom stereocenters. The van der Waals surface area contributed by atoms with Gasteiger partial charge in [-0.3, -0.25) is 9.78 Å². The van der Waals surface area contributed by atoms with Crippen LogP contribution in [0.4, 0.5) is 0 Å². The van der Waals surface area contributed by atoms with Crippen LogP contribution in [0.5, 0.6) is 0 Å². The Labute approximate surface area is 103 Å². The predicted octanol–water partition coefficient (Wildman–Crippen LogP) is 3.10. The van der Waals surface area contributed by atoms with E-state index >= 15 is 0 Å². The molecule has 0 bridgehead atoms. The number of nitrogens with zero attached hydrogens (tertiary/aromatic N) is 1. The van der Waals surface area contributed by atoms with Crippen LogP contribution >= 0.6 is 27.7 Å². The van der Waals surface area contributed by atoms with Gasteiger partial charge < -0.3 is 0 Å². The smallest absolute Gasteiger partial charge is 0.148 e. The summed E-state index contributed by atoms with van der Waals surface area (Å²) in [4.78, 5) is 15.7. The standard InChI is InChI=1S/C11H14BrNOS/c1-8(2)15-7-11(14)5-10-4-3-9(12)6-13-10/h3-4,6,8H,5,7H2,1-2H3. The average molecular weight is 288 g/mol. The van der Waals surface area contributed by atoms with Crippen LogP contribution in [0, 0.1) is 0 Å². The van der Waals surface area contributed by atoms with Gasteiger partial charge in [0.05, 0.1) is 5.75 Å². The molecule has 0 radical (unpaired) electrons. The first-order chi connectivity index (χ1) is 7.08. The molecule has 1 heterocycles. The third-order valence-electron chi connectivity index (χ3n) is 1.74. The van der Waals surface area contributed by atoms with E-state index in [1.54, 1.807) is 18.0 Å². The number of aromatic nitrogens is 1. The van der Waals surface area contributed by atoms with Gasteiger partial charge in [-0.2, -0.15) is 11.8 Å². The van der Waals surface area contributed by atoms with E-state index in [1.165, 1.54) is 0 Å². The molecule has 0 aromatic carbocycles. The molecule has 0 saturated heterocycles. The SMILES string of the molecule is CC(C)SCC(=O)Cc1ccc(Br)cn1. The van der Waals surface area contributed by atoms with Gasteiger partial charge in [0.25, 0.3) is 0 Å². The van der Waals surface area contributed by atoms with Crippen LogP contribution in [0.15, 0.2) is 22.8 Å². The summed E-state index contributed by atoms with van der Waals surface area (Å²) in [6, 6.07) is 3.78. The molecular formula is C11H14BrNOS. The summed E-state index contributed by atoms with van der Waals surface area (Å²) in [7, 11) is 0. The zero-order valence-corrected chi connectivity index (χ0v) is 11.3. The Balaban J connectivity index is 2.41. The Morgan fingerprint density at radius 2 is 2.27 bits per heavy atom. The summed E-state index contributed by atoms with van der Waals surface area (Å²) in [6.45, 7) is 4.19. The number of hydrogen-bond donors (Lipinski definition) is 0. The summed E-state index contributed by atoms with van der Waals surface area (Å²) in [5, 5.41) is 0.506. The number of Topliss-reactive ketones (excluding diaryl/α,β-unsaturated/α-hetero) is 1. The van der Waals surface area contributed by atoms with Gasteiger partial charge in [-0.1, -0.05) is 13.8 Å². The Morgan fingerprint density at radius 1 is 1.53 bits per heavy atom. The molecule has 0 saturated carbocycles. The number of rotatable bonds is 5. The number of carbonyl (C=O) groups excluding carboxylic acids is 1. The van der Waals surface area contributed by atoms with E-state index in [0.29, 0.717) is 17.4 Å². The number of pyridine rings is 1. The average Bonchev–Trinajstić information content (AvgIpc) is 2.19. The van der Waals surface area contributed by atoms with Crippen molar-refractivity contribution in [1.29, 1.82) is 0 Å². The second-order valence-electron chi connectivity index (χ2n) is 3.54. The van der Waals surface area contributed by atoms with Crippen molar-refractivity contribution < 1.29 is 4.79 Å². The molecule has 1 aromatic rings. The molecule has 2 nitrogen and oxygen atoms in total. The van der Waals surface area contributed by atoms with Gasteiger partial charge in [-0.25, -0.2) is 0 Å². The third-order valence-corrected chi connectivity index (χ3v) is 3.37. The predicted molar refractivity (Wildman–Crippen MR) is 68.2 cm³/mol. The van der Waals surface area contributed by atoms with Crippen LogP contribution in [0.3, 0.4) is 0 Å². The number of halogens is 1. The van der Waals surface area contributed by atoms with Crippen molar-refractivity contribution >= 4 is 33.5 Å². The van der Waals surface area contributed by atoms with E-state index in [-0.39, 0.29) is 5.78 Å². The summed E-state index contributed by atoms with van der Waals surface area (Å²) in [5.41, 5.74) is 0.840. The maximum atomic E-state index is 11.5. The molecule has 4 heteroatoms. The van der Waals surface area contributed by atoms with Crippen molar-refractivity contribution in [3.05, 3.63) is 28.5 Å². The molecule has 0 aliphatic rings. The highest BCUT2D eigenvalue weighted by Gasteiger charge is 2.06. The van der Waals surface area contributed by atoms with Crippen molar-refractivity contribution in [1.82, 2.24) is 4.98 Å². The molecule has 15 heavy (non-hydrogen) atoms. The first-order valence-electron chi connectivity index (χ1n) is 4.81. The molecule has 1 aromatic heterocycles.